The highest BCUT2D eigenvalue weighted by molar-refractivity contribution is 5.93. The van der Waals surface area contributed by atoms with Gasteiger partial charge in [0.15, 0.2) is 11.6 Å². The molecule has 1 aromatic carbocycles. The van der Waals surface area contributed by atoms with E-state index in [2.05, 4.69) is 23.7 Å². The maximum atomic E-state index is 13.3. The molecule has 0 bridgehead atoms. The van der Waals surface area contributed by atoms with E-state index in [1.807, 2.05) is 41.3 Å². The number of benzene rings is 1. The van der Waals surface area contributed by atoms with Crippen molar-refractivity contribution in [2.24, 2.45) is 0 Å². The number of hydrogen-bond donors (Lipinski definition) is 0. The van der Waals surface area contributed by atoms with E-state index in [0.717, 1.165) is 24.5 Å². The zero-order valence-corrected chi connectivity index (χ0v) is 17.1. The van der Waals surface area contributed by atoms with Gasteiger partial charge < -0.3 is 19.3 Å². The summed E-state index contributed by atoms with van der Waals surface area (Å²) in [4.78, 5) is 26.6. The molecule has 7 heteroatoms. The predicted molar refractivity (Wildman–Crippen MR) is 111 cm³/mol. The molecule has 29 heavy (non-hydrogen) atoms. The minimum absolute atomic E-state index is 0.0640. The molecule has 1 aromatic heterocycles. The molecule has 0 radical (unpaired) electrons. The number of carbonyl (C=O) groups is 1. The van der Waals surface area contributed by atoms with Crippen molar-refractivity contribution < 1.29 is 14.3 Å². The highest BCUT2D eigenvalue weighted by Gasteiger charge is 2.41. The number of rotatable bonds is 5. The lowest BCUT2D eigenvalue weighted by molar-refractivity contribution is -0.181. The van der Waals surface area contributed by atoms with Gasteiger partial charge in [-0.3, -0.25) is 4.79 Å². The van der Waals surface area contributed by atoms with E-state index in [1.54, 1.807) is 0 Å². The Balaban J connectivity index is 1.61. The Bertz CT molecular complexity index is 838. The zero-order valence-electron chi connectivity index (χ0n) is 17.1. The smallest absolute Gasteiger partial charge is 0.272 e. The second-order valence-corrected chi connectivity index (χ2v) is 7.37. The number of hydrogen-bond acceptors (Lipinski definition) is 6. The van der Waals surface area contributed by atoms with Crippen molar-refractivity contribution in [3.8, 4) is 11.4 Å². The van der Waals surface area contributed by atoms with Crippen LogP contribution in [0.2, 0.25) is 0 Å². The topological polar surface area (TPSA) is 67.8 Å². The third-order valence-corrected chi connectivity index (χ3v) is 5.68. The van der Waals surface area contributed by atoms with Crippen LogP contribution in [-0.2, 0) is 9.47 Å². The summed E-state index contributed by atoms with van der Waals surface area (Å²) in [6.45, 7) is 8.27. The van der Waals surface area contributed by atoms with E-state index in [0.29, 0.717) is 50.7 Å². The summed E-state index contributed by atoms with van der Waals surface area (Å²) >= 11 is 0. The fraction of sp³-hybridized carbons (Fsp3) is 0.500. The normalized spacial score (nSPS) is 18.2. The van der Waals surface area contributed by atoms with Crippen molar-refractivity contribution >= 4 is 11.7 Å². The van der Waals surface area contributed by atoms with Crippen LogP contribution in [0.3, 0.4) is 0 Å². The molecule has 0 atom stereocenters. The predicted octanol–water partition coefficient (Wildman–Crippen LogP) is 2.97. The van der Waals surface area contributed by atoms with E-state index in [-0.39, 0.29) is 5.91 Å². The molecule has 7 nitrogen and oxygen atoms in total. The number of aromatic nitrogens is 2. The zero-order chi connectivity index (χ0) is 20.3. The number of anilines is 1. The maximum Gasteiger partial charge on any atom is 0.272 e. The molecule has 1 amide bonds. The monoisotopic (exact) mass is 396 g/mol. The fourth-order valence-corrected chi connectivity index (χ4v) is 3.97. The molecular weight excluding hydrogens is 368 g/mol. The van der Waals surface area contributed by atoms with Crippen LogP contribution in [0.5, 0.6) is 0 Å². The maximum absolute atomic E-state index is 13.3. The highest BCUT2D eigenvalue weighted by atomic mass is 16.7. The Kier molecular flexibility index (Phi) is 5.78. The van der Waals surface area contributed by atoms with E-state index >= 15 is 0 Å². The van der Waals surface area contributed by atoms with Crippen molar-refractivity contribution in [1.82, 2.24) is 14.9 Å². The first-order valence-electron chi connectivity index (χ1n) is 10.4. The molecule has 2 aliphatic rings. The van der Waals surface area contributed by atoms with Crippen molar-refractivity contribution in [2.45, 2.75) is 32.5 Å². The summed E-state index contributed by atoms with van der Waals surface area (Å²) in [5, 5.41) is 0. The van der Waals surface area contributed by atoms with Gasteiger partial charge >= 0.3 is 0 Å². The number of amides is 1. The van der Waals surface area contributed by atoms with Crippen LogP contribution in [0.15, 0.2) is 36.4 Å². The second-order valence-electron chi connectivity index (χ2n) is 7.37. The van der Waals surface area contributed by atoms with Crippen LogP contribution in [0.25, 0.3) is 11.4 Å². The van der Waals surface area contributed by atoms with Crippen LogP contribution < -0.4 is 4.90 Å². The van der Waals surface area contributed by atoms with Crippen molar-refractivity contribution in [3.63, 3.8) is 0 Å². The Hall–Kier alpha value is -2.51. The molecule has 1 spiro atoms. The van der Waals surface area contributed by atoms with E-state index in [4.69, 9.17) is 14.5 Å². The van der Waals surface area contributed by atoms with Gasteiger partial charge in [-0.25, -0.2) is 9.97 Å². The first-order chi connectivity index (χ1) is 14.1. The summed E-state index contributed by atoms with van der Waals surface area (Å²) < 4.78 is 11.6. The highest BCUT2D eigenvalue weighted by Crippen LogP contribution is 2.32. The summed E-state index contributed by atoms with van der Waals surface area (Å²) in [6, 6.07) is 11.6. The number of carbonyl (C=O) groups excluding carboxylic acids is 1. The van der Waals surface area contributed by atoms with Crippen LogP contribution in [0.1, 0.15) is 37.2 Å². The fourth-order valence-electron chi connectivity index (χ4n) is 3.97. The van der Waals surface area contributed by atoms with Gasteiger partial charge in [-0.2, -0.15) is 0 Å². The Morgan fingerprint density at radius 3 is 2.34 bits per heavy atom. The summed E-state index contributed by atoms with van der Waals surface area (Å²) in [5.74, 6) is 0.799. The molecule has 2 saturated heterocycles. The van der Waals surface area contributed by atoms with Gasteiger partial charge in [-0.15, -0.1) is 0 Å². The number of likely N-dealkylation sites (tertiary alicyclic amines) is 1. The molecule has 0 saturated carbocycles. The van der Waals surface area contributed by atoms with Crippen LogP contribution in [0.4, 0.5) is 5.82 Å². The summed E-state index contributed by atoms with van der Waals surface area (Å²) in [7, 11) is 0. The van der Waals surface area contributed by atoms with Crippen molar-refractivity contribution in [2.75, 3.05) is 44.3 Å². The van der Waals surface area contributed by atoms with Gasteiger partial charge in [-0.1, -0.05) is 30.3 Å². The average molecular weight is 396 g/mol. The van der Waals surface area contributed by atoms with Crippen LogP contribution in [0, 0.1) is 0 Å². The molecule has 2 fully saturated rings. The number of piperidine rings is 1. The van der Waals surface area contributed by atoms with Gasteiger partial charge in [-0.05, 0) is 13.8 Å². The summed E-state index contributed by atoms with van der Waals surface area (Å²) in [5.41, 5.74) is 1.34. The molecule has 3 heterocycles. The quantitative estimate of drug-likeness (QED) is 0.774. The van der Waals surface area contributed by atoms with E-state index in [9.17, 15) is 4.79 Å². The number of ether oxygens (including phenoxy) is 2. The minimum Gasteiger partial charge on any atom is -0.357 e. The first kappa shape index (κ1) is 19.8. The van der Waals surface area contributed by atoms with E-state index < -0.39 is 5.79 Å². The first-order valence-corrected chi connectivity index (χ1v) is 10.4. The molecule has 4 rings (SSSR count). The Morgan fingerprint density at radius 1 is 1.07 bits per heavy atom. The van der Waals surface area contributed by atoms with Gasteiger partial charge in [0.25, 0.3) is 5.91 Å². The second kappa shape index (κ2) is 8.47. The van der Waals surface area contributed by atoms with E-state index in [1.165, 1.54) is 0 Å². The largest absolute Gasteiger partial charge is 0.357 e. The lowest BCUT2D eigenvalue weighted by Crippen LogP contribution is -2.47. The Labute approximate surface area is 171 Å². The lowest BCUT2D eigenvalue weighted by atomic mass is 10.0. The van der Waals surface area contributed by atoms with Crippen LogP contribution >= 0.6 is 0 Å². The summed E-state index contributed by atoms with van der Waals surface area (Å²) in [6.07, 6.45) is 1.39. The minimum atomic E-state index is -0.496. The van der Waals surface area contributed by atoms with Gasteiger partial charge in [0, 0.05) is 50.7 Å². The molecule has 0 N–H and O–H groups in total. The van der Waals surface area contributed by atoms with Crippen molar-refractivity contribution in [3.05, 3.63) is 42.1 Å². The van der Waals surface area contributed by atoms with Gasteiger partial charge in [0.2, 0.25) is 0 Å². The third-order valence-electron chi connectivity index (χ3n) is 5.68. The standard InChI is InChI=1S/C22H28N4O3/c1-3-25(4-2)19-16-18(23-20(24-19)17-8-6-5-7-9-17)21(27)26-12-10-22(11-13-26)28-14-15-29-22/h5-9,16H,3-4,10-15H2,1-2H3. The molecule has 0 unspecified atom stereocenters. The molecule has 154 valence electrons. The molecule has 0 aliphatic carbocycles. The number of nitrogens with zero attached hydrogens (tertiary/aromatic N) is 4. The average Bonchev–Trinajstić information content (AvgIpc) is 3.23. The van der Waals surface area contributed by atoms with Gasteiger partial charge in [0.1, 0.15) is 11.5 Å². The van der Waals surface area contributed by atoms with Crippen molar-refractivity contribution in [1.29, 1.82) is 0 Å². The van der Waals surface area contributed by atoms with Crippen LogP contribution in [-0.4, -0.2) is 66.0 Å². The molecule has 2 aliphatic heterocycles. The SMILES string of the molecule is CCN(CC)c1cc(C(=O)N2CCC3(CC2)OCCO3)nc(-c2ccccc2)n1. The third kappa shape index (κ3) is 4.11. The Morgan fingerprint density at radius 2 is 1.72 bits per heavy atom. The lowest BCUT2D eigenvalue weighted by Gasteiger charge is -2.37. The molecular formula is C22H28N4O3. The molecule has 2 aromatic rings. The van der Waals surface area contributed by atoms with Gasteiger partial charge in [0.05, 0.1) is 13.2 Å².